The van der Waals surface area contributed by atoms with Crippen molar-refractivity contribution in [1.29, 1.82) is 0 Å². The quantitative estimate of drug-likeness (QED) is 0.761. The van der Waals surface area contributed by atoms with Gasteiger partial charge in [-0.25, -0.2) is 4.79 Å². The highest BCUT2D eigenvalue weighted by atomic mass is 16.4. The molecule has 0 aliphatic heterocycles. The highest BCUT2D eigenvalue weighted by Gasteiger charge is 2.15. The van der Waals surface area contributed by atoms with Crippen LogP contribution in [0.5, 0.6) is 0 Å². The number of carbonyl (C=O) groups is 1. The lowest BCUT2D eigenvalue weighted by Crippen LogP contribution is -2.25. The van der Waals surface area contributed by atoms with Crippen molar-refractivity contribution in [3.8, 4) is 0 Å². The van der Waals surface area contributed by atoms with Crippen LogP contribution in [0, 0.1) is 6.92 Å². The van der Waals surface area contributed by atoms with Gasteiger partial charge in [-0.1, -0.05) is 6.92 Å². The summed E-state index contributed by atoms with van der Waals surface area (Å²) < 4.78 is 5.35. The molecule has 0 saturated heterocycles. The molecule has 1 rings (SSSR count). The lowest BCUT2D eigenvalue weighted by molar-refractivity contribution is 0.0695. The molecule has 0 aliphatic rings. The summed E-state index contributed by atoms with van der Waals surface area (Å²) in [5.41, 5.74) is 0.204. The normalized spacial score (nSPS) is 11.0. The molecular weight excluding hydrogens is 210 g/mol. The van der Waals surface area contributed by atoms with Gasteiger partial charge in [0, 0.05) is 6.54 Å². The summed E-state index contributed by atoms with van der Waals surface area (Å²) in [6.07, 6.45) is 0. The Morgan fingerprint density at radius 1 is 1.56 bits per heavy atom. The molecule has 0 aromatic carbocycles. The maximum atomic E-state index is 10.8. The van der Waals surface area contributed by atoms with Crippen LogP contribution in [-0.2, 0) is 6.54 Å². The lowest BCUT2D eigenvalue weighted by atomic mass is 10.2. The average Bonchev–Trinajstić information content (AvgIpc) is 2.59. The molecule has 1 heterocycles. The molecule has 90 valence electrons. The van der Waals surface area contributed by atoms with Crippen molar-refractivity contribution in [2.45, 2.75) is 20.4 Å². The van der Waals surface area contributed by atoms with Gasteiger partial charge in [-0.15, -0.1) is 0 Å². The second-order valence-corrected chi connectivity index (χ2v) is 3.58. The Hall–Kier alpha value is -1.33. The standard InChI is InChI=1S/C11H17NO4/c1-3-12(4-5-13)7-9-6-10(11(14)15)8(2)16-9/h6,13H,3-5,7H2,1-2H3,(H,14,15). The van der Waals surface area contributed by atoms with Crippen LogP contribution < -0.4 is 0 Å². The van der Waals surface area contributed by atoms with E-state index in [4.69, 9.17) is 14.6 Å². The highest BCUT2D eigenvalue weighted by Crippen LogP contribution is 2.16. The predicted octanol–water partition coefficient (Wildman–Crippen LogP) is 1.10. The van der Waals surface area contributed by atoms with E-state index in [-0.39, 0.29) is 12.2 Å². The number of aliphatic hydroxyl groups is 1. The van der Waals surface area contributed by atoms with Gasteiger partial charge in [-0.3, -0.25) is 4.90 Å². The van der Waals surface area contributed by atoms with E-state index in [0.29, 0.717) is 24.6 Å². The van der Waals surface area contributed by atoms with E-state index in [0.717, 1.165) is 6.54 Å². The minimum absolute atomic E-state index is 0.0827. The van der Waals surface area contributed by atoms with Crippen molar-refractivity contribution >= 4 is 5.97 Å². The van der Waals surface area contributed by atoms with Crippen LogP contribution in [0.4, 0.5) is 0 Å². The third-order valence-corrected chi connectivity index (χ3v) is 2.44. The van der Waals surface area contributed by atoms with Crippen LogP contribution in [0.2, 0.25) is 0 Å². The summed E-state index contributed by atoms with van der Waals surface area (Å²) in [5.74, 6) is 0.0606. The van der Waals surface area contributed by atoms with E-state index < -0.39 is 5.97 Å². The van der Waals surface area contributed by atoms with Gasteiger partial charge in [0.2, 0.25) is 0 Å². The minimum Gasteiger partial charge on any atom is -0.478 e. The van der Waals surface area contributed by atoms with Crippen molar-refractivity contribution < 1.29 is 19.4 Å². The molecule has 16 heavy (non-hydrogen) atoms. The number of carboxylic acid groups (broad SMARTS) is 1. The highest BCUT2D eigenvalue weighted by molar-refractivity contribution is 5.88. The van der Waals surface area contributed by atoms with Crippen LogP contribution in [0.3, 0.4) is 0 Å². The Morgan fingerprint density at radius 3 is 2.69 bits per heavy atom. The van der Waals surface area contributed by atoms with Crippen LogP contribution in [0.15, 0.2) is 10.5 Å². The largest absolute Gasteiger partial charge is 0.478 e. The molecule has 0 fully saturated rings. The van der Waals surface area contributed by atoms with Crippen LogP contribution >= 0.6 is 0 Å². The molecule has 2 N–H and O–H groups in total. The zero-order chi connectivity index (χ0) is 12.1. The van der Waals surface area contributed by atoms with Gasteiger partial charge < -0.3 is 14.6 Å². The third kappa shape index (κ3) is 3.08. The molecule has 0 amide bonds. The smallest absolute Gasteiger partial charge is 0.339 e. The summed E-state index contributed by atoms with van der Waals surface area (Å²) >= 11 is 0. The molecule has 0 aliphatic carbocycles. The lowest BCUT2D eigenvalue weighted by Gasteiger charge is -2.16. The first-order valence-electron chi connectivity index (χ1n) is 5.24. The summed E-state index contributed by atoms with van der Waals surface area (Å²) in [5, 5.41) is 17.7. The molecule has 5 heteroatoms. The molecule has 0 spiro atoms. The summed E-state index contributed by atoms with van der Waals surface area (Å²) in [4.78, 5) is 12.8. The van der Waals surface area contributed by atoms with Crippen LogP contribution in [0.1, 0.15) is 28.8 Å². The molecule has 0 unspecified atom stereocenters. The van der Waals surface area contributed by atoms with Gasteiger partial charge >= 0.3 is 5.97 Å². The summed E-state index contributed by atoms with van der Waals surface area (Å²) in [7, 11) is 0. The Bertz CT molecular complexity index is 359. The van der Waals surface area contributed by atoms with Crippen molar-refractivity contribution in [2.75, 3.05) is 19.7 Å². The van der Waals surface area contributed by atoms with Gasteiger partial charge in [-0.05, 0) is 19.5 Å². The van der Waals surface area contributed by atoms with Crippen molar-refractivity contribution in [3.63, 3.8) is 0 Å². The molecular formula is C11H17NO4. The molecule has 1 aromatic rings. The number of furan rings is 1. The number of hydrogen-bond donors (Lipinski definition) is 2. The third-order valence-electron chi connectivity index (χ3n) is 2.44. The van der Waals surface area contributed by atoms with Gasteiger partial charge in [0.1, 0.15) is 17.1 Å². The molecule has 1 aromatic heterocycles. The van der Waals surface area contributed by atoms with Crippen molar-refractivity contribution in [2.24, 2.45) is 0 Å². The number of hydrogen-bond acceptors (Lipinski definition) is 4. The van der Waals surface area contributed by atoms with E-state index in [9.17, 15) is 4.79 Å². The molecule has 0 radical (unpaired) electrons. The predicted molar refractivity (Wildman–Crippen MR) is 58.4 cm³/mol. The summed E-state index contributed by atoms with van der Waals surface area (Å²) in [6.45, 7) is 5.55. The Balaban J connectivity index is 2.73. The van der Waals surface area contributed by atoms with Gasteiger partial charge in [0.25, 0.3) is 0 Å². The van der Waals surface area contributed by atoms with E-state index in [1.165, 1.54) is 6.07 Å². The van der Waals surface area contributed by atoms with Crippen molar-refractivity contribution in [3.05, 3.63) is 23.2 Å². The number of rotatable bonds is 6. The molecule has 5 nitrogen and oxygen atoms in total. The Morgan fingerprint density at radius 2 is 2.25 bits per heavy atom. The number of nitrogens with zero attached hydrogens (tertiary/aromatic N) is 1. The van der Waals surface area contributed by atoms with E-state index in [1.54, 1.807) is 6.92 Å². The first-order chi connectivity index (χ1) is 7.58. The van der Waals surface area contributed by atoms with E-state index >= 15 is 0 Å². The molecule has 0 saturated carbocycles. The molecule has 0 atom stereocenters. The number of aliphatic hydroxyl groups excluding tert-OH is 1. The Kier molecular flexibility index (Phi) is 4.52. The number of aryl methyl sites for hydroxylation is 1. The maximum Gasteiger partial charge on any atom is 0.339 e. The topological polar surface area (TPSA) is 73.9 Å². The fraction of sp³-hybridized carbons (Fsp3) is 0.545. The second kappa shape index (κ2) is 5.67. The number of aromatic carboxylic acids is 1. The van der Waals surface area contributed by atoms with E-state index in [1.807, 2.05) is 11.8 Å². The SMILES string of the molecule is CCN(CCO)Cc1cc(C(=O)O)c(C)o1. The zero-order valence-corrected chi connectivity index (χ0v) is 9.56. The second-order valence-electron chi connectivity index (χ2n) is 3.58. The van der Waals surface area contributed by atoms with E-state index in [2.05, 4.69) is 0 Å². The van der Waals surface area contributed by atoms with Gasteiger partial charge in [0.15, 0.2) is 0 Å². The number of carboxylic acids is 1. The zero-order valence-electron chi connectivity index (χ0n) is 9.56. The first-order valence-corrected chi connectivity index (χ1v) is 5.24. The Labute approximate surface area is 94.3 Å². The fourth-order valence-electron chi connectivity index (χ4n) is 1.54. The number of likely N-dealkylation sites (N-methyl/N-ethyl adjacent to an activating group) is 1. The average molecular weight is 227 g/mol. The minimum atomic E-state index is -0.974. The van der Waals surface area contributed by atoms with Crippen LogP contribution in [-0.4, -0.2) is 40.8 Å². The first kappa shape index (κ1) is 12.7. The monoisotopic (exact) mass is 227 g/mol. The van der Waals surface area contributed by atoms with Crippen LogP contribution in [0.25, 0.3) is 0 Å². The summed E-state index contributed by atoms with van der Waals surface area (Å²) in [6, 6.07) is 1.54. The fourth-order valence-corrected chi connectivity index (χ4v) is 1.54. The molecule has 0 bridgehead atoms. The van der Waals surface area contributed by atoms with Gasteiger partial charge in [0.05, 0.1) is 13.2 Å². The van der Waals surface area contributed by atoms with Gasteiger partial charge in [-0.2, -0.15) is 0 Å². The maximum absolute atomic E-state index is 10.8. The van der Waals surface area contributed by atoms with Crippen molar-refractivity contribution in [1.82, 2.24) is 4.90 Å².